The van der Waals surface area contributed by atoms with Crippen molar-refractivity contribution in [1.82, 2.24) is 25.5 Å². The lowest BCUT2D eigenvalue weighted by Gasteiger charge is -2.32. The molecule has 3 amide bonds. The summed E-state index contributed by atoms with van der Waals surface area (Å²) in [5.74, 6) is 0.312. The maximum absolute atomic E-state index is 14.3. The number of likely N-dealkylation sites (N-methyl/N-ethyl adjacent to an activating group) is 1. The van der Waals surface area contributed by atoms with E-state index in [1.54, 1.807) is 13.2 Å². The summed E-state index contributed by atoms with van der Waals surface area (Å²) in [6.45, 7) is 0.481. The van der Waals surface area contributed by atoms with E-state index in [4.69, 9.17) is 9.47 Å². The van der Waals surface area contributed by atoms with E-state index >= 15 is 0 Å². The highest BCUT2D eigenvalue weighted by Crippen LogP contribution is 2.41. The Kier molecular flexibility index (Phi) is 11.8. The second kappa shape index (κ2) is 17.2. The van der Waals surface area contributed by atoms with Crippen LogP contribution in [0.2, 0.25) is 0 Å². The molecule has 4 aromatic carbocycles. The maximum Gasteiger partial charge on any atom is 0.408 e. The number of H-pyrrole nitrogens is 1. The first-order valence-electron chi connectivity index (χ1n) is 17.2. The number of benzene rings is 4. The fraction of sp³-hybridized carbons (Fsp3) is 0.268. The molecule has 0 aliphatic heterocycles. The normalized spacial score (nSPS) is 14.1. The average Bonchev–Trinajstić information content (AvgIpc) is 3.89. The van der Waals surface area contributed by atoms with Crippen LogP contribution in [0.25, 0.3) is 0 Å². The van der Waals surface area contributed by atoms with Crippen LogP contribution in [0.5, 0.6) is 5.75 Å². The van der Waals surface area contributed by atoms with Gasteiger partial charge in [-0.05, 0) is 53.1 Å². The van der Waals surface area contributed by atoms with Crippen molar-refractivity contribution < 1.29 is 23.9 Å². The van der Waals surface area contributed by atoms with Gasteiger partial charge in [-0.3, -0.25) is 9.59 Å². The third-order valence-electron chi connectivity index (χ3n) is 9.05. The van der Waals surface area contributed by atoms with E-state index in [2.05, 4.69) is 20.6 Å². The van der Waals surface area contributed by atoms with E-state index in [9.17, 15) is 14.4 Å². The highest BCUT2D eigenvalue weighted by atomic mass is 16.5. The van der Waals surface area contributed by atoms with Gasteiger partial charge < -0.3 is 30.0 Å². The van der Waals surface area contributed by atoms with Gasteiger partial charge in [-0.15, -0.1) is 0 Å². The zero-order valence-electron chi connectivity index (χ0n) is 28.6. The average molecular weight is 686 g/mol. The van der Waals surface area contributed by atoms with Crippen LogP contribution in [-0.2, 0) is 40.4 Å². The molecule has 1 aliphatic carbocycles. The molecule has 0 radical (unpaired) electrons. The molecule has 0 saturated heterocycles. The monoisotopic (exact) mass is 685 g/mol. The summed E-state index contributed by atoms with van der Waals surface area (Å²) in [6, 6.07) is 34.6. The minimum atomic E-state index is -1.03. The molecule has 1 fully saturated rings. The minimum Gasteiger partial charge on any atom is -0.489 e. The van der Waals surface area contributed by atoms with Crippen molar-refractivity contribution in [2.75, 3.05) is 7.05 Å². The van der Waals surface area contributed by atoms with Crippen molar-refractivity contribution in [1.29, 1.82) is 0 Å². The van der Waals surface area contributed by atoms with E-state index in [1.165, 1.54) is 11.2 Å². The Morgan fingerprint density at radius 2 is 1.41 bits per heavy atom. The molecule has 262 valence electrons. The van der Waals surface area contributed by atoms with Gasteiger partial charge in [-0.2, -0.15) is 0 Å². The van der Waals surface area contributed by atoms with E-state index in [0.29, 0.717) is 24.0 Å². The fourth-order valence-corrected chi connectivity index (χ4v) is 6.03. The molecule has 51 heavy (non-hydrogen) atoms. The summed E-state index contributed by atoms with van der Waals surface area (Å²) in [7, 11) is 1.61. The highest BCUT2D eigenvalue weighted by molar-refractivity contribution is 5.91. The van der Waals surface area contributed by atoms with Crippen molar-refractivity contribution in [3.63, 3.8) is 0 Å². The smallest absolute Gasteiger partial charge is 0.408 e. The second-order valence-corrected chi connectivity index (χ2v) is 12.9. The molecule has 5 aromatic rings. The largest absolute Gasteiger partial charge is 0.489 e. The molecule has 0 bridgehead atoms. The van der Waals surface area contributed by atoms with E-state index in [1.807, 2.05) is 115 Å². The predicted octanol–water partition coefficient (Wildman–Crippen LogP) is 6.16. The molecule has 10 heteroatoms. The first kappa shape index (κ1) is 34.9. The number of nitrogens with one attached hydrogen (secondary N) is 3. The molecule has 1 aromatic heterocycles. The molecule has 6 rings (SSSR count). The molecule has 1 aliphatic rings. The minimum absolute atomic E-state index is 0.0472. The van der Waals surface area contributed by atoms with Crippen LogP contribution in [0.3, 0.4) is 0 Å². The summed E-state index contributed by atoms with van der Waals surface area (Å²) in [4.78, 5) is 50.1. The van der Waals surface area contributed by atoms with Crippen molar-refractivity contribution in [2.45, 2.75) is 57.0 Å². The molecule has 0 spiro atoms. The van der Waals surface area contributed by atoms with E-state index in [-0.39, 0.29) is 31.4 Å². The third kappa shape index (κ3) is 10.1. The number of imidazole rings is 1. The molecule has 10 nitrogen and oxygen atoms in total. The van der Waals surface area contributed by atoms with Crippen molar-refractivity contribution in [3.05, 3.63) is 156 Å². The summed E-state index contributed by atoms with van der Waals surface area (Å²) >= 11 is 0. The van der Waals surface area contributed by atoms with Gasteiger partial charge in [-0.25, -0.2) is 9.78 Å². The lowest BCUT2D eigenvalue weighted by atomic mass is 9.99. The van der Waals surface area contributed by atoms with Crippen LogP contribution in [0.1, 0.15) is 46.8 Å². The van der Waals surface area contributed by atoms with Gasteiger partial charge >= 0.3 is 6.09 Å². The standard InChI is InChI=1S/C41H43N5O5/c1-46(40(48)36(24-34-25-42-28-43-34)44-41(49)51-27-31-13-7-3-8-14-31)37(39(47)45-38(33-19-20-33)32-15-9-4-10-16-32)23-29-17-21-35(22-18-29)50-26-30-11-5-2-6-12-30/h2-18,21-22,25,28,33,36-38H,19-20,23-24,26-27H2,1H3,(H,42,43)(H,44,49)(H,45,47). The number of nitrogens with zero attached hydrogens (tertiary/aromatic N) is 2. The van der Waals surface area contributed by atoms with Gasteiger partial charge in [0.2, 0.25) is 11.8 Å². The summed E-state index contributed by atoms with van der Waals surface area (Å²) in [6.07, 6.45) is 4.78. The van der Waals surface area contributed by atoms with Gasteiger partial charge in [0.1, 0.15) is 31.0 Å². The Balaban J connectivity index is 1.21. The number of ether oxygens (including phenoxy) is 2. The Hall–Kier alpha value is -5.90. The van der Waals surface area contributed by atoms with Crippen LogP contribution in [0.15, 0.2) is 128 Å². The zero-order chi connectivity index (χ0) is 35.4. The number of carbonyl (C=O) groups excluding carboxylic acids is 3. The van der Waals surface area contributed by atoms with Gasteiger partial charge in [0, 0.05) is 31.8 Å². The molecule has 3 atom stereocenters. The number of carbonyl (C=O) groups is 3. The molecular formula is C41H43N5O5. The van der Waals surface area contributed by atoms with Gasteiger partial charge in [-0.1, -0.05) is 103 Å². The molecule has 3 N–H and O–H groups in total. The van der Waals surface area contributed by atoms with Crippen LogP contribution in [-0.4, -0.2) is 51.9 Å². The summed E-state index contributed by atoms with van der Waals surface area (Å²) in [5, 5.41) is 6.02. The number of amides is 3. The predicted molar refractivity (Wildman–Crippen MR) is 193 cm³/mol. The van der Waals surface area contributed by atoms with Crippen molar-refractivity contribution in [3.8, 4) is 5.75 Å². The third-order valence-corrected chi connectivity index (χ3v) is 9.05. The van der Waals surface area contributed by atoms with Gasteiger partial charge in [0.25, 0.3) is 0 Å². The topological polar surface area (TPSA) is 126 Å². The van der Waals surface area contributed by atoms with Gasteiger partial charge in [0.15, 0.2) is 0 Å². The summed E-state index contributed by atoms with van der Waals surface area (Å²) < 4.78 is 11.5. The van der Waals surface area contributed by atoms with Crippen LogP contribution in [0.4, 0.5) is 4.79 Å². The molecule has 1 saturated carbocycles. The number of aromatic amines is 1. The first-order valence-corrected chi connectivity index (χ1v) is 17.2. The Labute approximate surface area is 298 Å². The lowest BCUT2D eigenvalue weighted by molar-refractivity contribution is -0.140. The highest BCUT2D eigenvalue weighted by Gasteiger charge is 2.38. The maximum atomic E-state index is 14.3. The van der Waals surface area contributed by atoms with Crippen LogP contribution < -0.4 is 15.4 Å². The summed E-state index contributed by atoms with van der Waals surface area (Å²) in [5.41, 5.74) is 4.41. The molecular weight excluding hydrogens is 642 g/mol. The molecule has 1 heterocycles. The van der Waals surface area contributed by atoms with Crippen LogP contribution >= 0.6 is 0 Å². The van der Waals surface area contributed by atoms with Crippen molar-refractivity contribution in [2.24, 2.45) is 5.92 Å². The Morgan fingerprint density at radius 1 is 0.784 bits per heavy atom. The SMILES string of the molecule is CN(C(=O)C(Cc1cnc[nH]1)NC(=O)OCc1ccccc1)C(Cc1ccc(OCc2ccccc2)cc1)C(=O)NC(c1ccccc1)C1CC1. The first-order chi connectivity index (χ1) is 24.9. The number of hydrogen-bond donors (Lipinski definition) is 3. The van der Waals surface area contributed by atoms with E-state index < -0.39 is 24.1 Å². The zero-order valence-corrected chi connectivity index (χ0v) is 28.6. The number of rotatable bonds is 16. The number of alkyl carbamates (subject to hydrolysis) is 1. The quantitative estimate of drug-likeness (QED) is 0.114. The van der Waals surface area contributed by atoms with E-state index in [0.717, 1.165) is 35.1 Å². The Bertz CT molecular complexity index is 1830. The fourth-order valence-electron chi connectivity index (χ4n) is 6.03. The van der Waals surface area contributed by atoms with Crippen LogP contribution in [0, 0.1) is 5.92 Å². The second-order valence-electron chi connectivity index (χ2n) is 12.9. The number of hydrogen-bond acceptors (Lipinski definition) is 6. The van der Waals surface area contributed by atoms with Crippen molar-refractivity contribution >= 4 is 17.9 Å². The number of aromatic nitrogens is 2. The molecule has 3 unspecified atom stereocenters. The van der Waals surface area contributed by atoms with Gasteiger partial charge in [0.05, 0.1) is 12.4 Å². The Morgan fingerprint density at radius 3 is 2.02 bits per heavy atom. The lowest BCUT2D eigenvalue weighted by Crippen LogP contribution is -2.56.